The van der Waals surface area contributed by atoms with Gasteiger partial charge in [0.2, 0.25) is 0 Å². The van der Waals surface area contributed by atoms with Gasteiger partial charge in [-0.2, -0.15) is 0 Å². The second kappa shape index (κ2) is 11.0. The third-order valence-corrected chi connectivity index (χ3v) is 4.14. The van der Waals surface area contributed by atoms with E-state index in [1.807, 2.05) is 0 Å². The zero-order valence-electron chi connectivity index (χ0n) is 17.2. The predicted molar refractivity (Wildman–Crippen MR) is 118 cm³/mol. The van der Waals surface area contributed by atoms with Crippen LogP contribution in [0.3, 0.4) is 0 Å². The van der Waals surface area contributed by atoms with Crippen molar-refractivity contribution in [2.24, 2.45) is 0 Å². The van der Waals surface area contributed by atoms with Crippen LogP contribution in [-0.4, -0.2) is 44.5 Å². The van der Waals surface area contributed by atoms with Crippen molar-refractivity contribution in [2.75, 3.05) is 38.1 Å². The fraction of sp³-hybridized carbons (Fsp3) is 0.286. The number of ether oxygens (including phenoxy) is 4. The zero-order valence-corrected chi connectivity index (χ0v) is 18.1. The highest BCUT2D eigenvalue weighted by Gasteiger charge is 2.18. The first-order valence-corrected chi connectivity index (χ1v) is 9.62. The van der Waals surface area contributed by atoms with Crippen molar-refractivity contribution in [1.82, 2.24) is 0 Å². The van der Waals surface area contributed by atoms with E-state index in [-0.39, 0.29) is 29.5 Å². The minimum Gasteiger partial charge on any atom is -0.497 e. The van der Waals surface area contributed by atoms with Crippen LogP contribution in [0.25, 0.3) is 0 Å². The molecule has 2 N–H and O–H groups in total. The average molecular weight is 432 g/mol. The van der Waals surface area contributed by atoms with Gasteiger partial charge in [0.15, 0.2) is 5.11 Å². The lowest BCUT2D eigenvalue weighted by molar-refractivity contribution is 0.0512. The Morgan fingerprint density at radius 3 is 2.17 bits per heavy atom. The van der Waals surface area contributed by atoms with Crippen LogP contribution in [0.4, 0.5) is 11.4 Å². The summed E-state index contributed by atoms with van der Waals surface area (Å²) in [6.45, 7) is 3.87. The second-order valence-electron chi connectivity index (χ2n) is 5.85. The highest BCUT2D eigenvalue weighted by molar-refractivity contribution is 7.80. The molecule has 0 aliphatic heterocycles. The number of nitrogens with one attached hydrogen (secondary N) is 2. The molecule has 160 valence electrons. The van der Waals surface area contributed by atoms with Crippen molar-refractivity contribution in [3.8, 4) is 11.5 Å². The van der Waals surface area contributed by atoms with Crippen LogP contribution < -0.4 is 20.1 Å². The summed E-state index contributed by atoms with van der Waals surface area (Å²) in [6.07, 6.45) is 0. The third kappa shape index (κ3) is 5.84. The van der Waals surface area contributed by atoms with E-state index in [0.717, 1.165) is 0 Å². The van der Waals surface area contributed by atoms with E-state index in [2.05, 4.69) is 10.6 Å². The van der Waals surface area contributed by atoms with Crippen LogP contribution in [0.5, 0.6) is 11.5 Å². The minimum atomic E-state index is -0.541. The first-order chi connectivity index (χ1) is 14.4. The van der Waals surface area contributed by atoms with Gasteiger partial charge < -0.3 is 29.6 Å². The van der Waals surface area contributed by atoms with E-state index >= 15 is 0 Å². The molecule has 0 heterocycles. The molecule has 0 atom stereocenters. The van der Waals surface area contributed by atoms with Crippen LogP contribution in [0.1, 0.15) is 34.6 Å². The fourth-order valence-corrected chi connectivity index (χ4v) is 2.77. The Kier molecular flexibility index (Phi) is 8.42. The Hall–Kier alpha value is -3.33. The van der Waals surface area contributed by atoms with E-state index < -0.39 is 11.9 Å². The summed E-state index contributed by atoms with van der Waals surface area (Å²) in [7, 11) is 3.08. The van der Waals surface area contributed by atoms with Crippen LogP contribution >= 0.6 is 12.2 Å². The van der Waals surface area contributed by atoms with Gasteiger partial charge >= 0.3 is 11.9 Å². The quantitative estimate of drug-likeness (QED) is 0.476. The van der Waals surface area contributed by atoms with Gasteiger partial charge in [0.25, 0.3) is 0 Å². The van der Waals surface area contributed by atoms with E-state index in [4.69, 9.17) is 31.2 Å². The van der Waals surface area contributed by atoms with Crippen molar-refractivity contribution in [2.45, 2.75) is 13.8 Å². The summed E-state index contributed by atoms with van der Waals surface area (Å²) in [5.74, 6) is 0.0966. The highest BCUT2D eigenvalue weighted by atomic mass is 32.1. The van der Waals surface area contributed by atoms with Crippen LogP contribution in [-0.2, 0) is 9.47 Å². The number of thiocarbonyl (C=S) groups is 1. The summed E-state index contributed by atoms with van der Waals surface area (Å²) in [6, 6.07) is 9.67. The van der Waals surface area contributed by atoms with E-state index in [1.165, 1.54) is 25.3 Å². The molecule has 0 spiro atoms. The monoisotopic (exact) mass is 432 g/mol. The maximum Gasteiger partial charge on any atom is 0.340 e. The second-order valence-corrected chi connectivity index (χ2v) is 6.25. The lowest BCUT2D eigenvalue weighted by Gasteiger charge is -2.16. The molecule has 0 unspecified atom stereocenters. The maximum absolute atomic E-state index is 12.3. The Labute approximate surface area is 180 Å². The molecule has 2 aromatic carbocycles. The number of hydrogen-bond donors (Lipinski definition) is 2. The van der Waals surface area contributed by atoms with Gasteiger partial charge in [0, 0.05) is 6.07 Å². The maximum atomic E-state index is 12.3. The van der Waals surface area contributed by atoms with Crippen LogP contribution in [0, 0.1) is 0 Å². The van der Waals surface area contributed by atoms with Crippen molar-refractivity contribution < 1.29 is 28.5 Å². The highest BCUT2D eigenvalue weighted by Crippen LogP contribution is 2.29. The van der Waals surface area contributed by atoms with Gasteiger partial charge in [0.1, 0.15) is 11.5 Å². The number of methoxy groups -OCH3 is 2. The molecule has 8 nitrogen and oxygen atoms in total. The third-order valence-electron chi connectivity index (χ3n) is 3.93. The predicted octanol–water partition coefficient (Wildman–Crippen LogP) is 3.87. The number of carbonyl (C=O) groups excluding carboxylic acids is 2. The topological polar surface area (TPSA) is 95.1 Å². The molecule has 0 bridgehead atoms. The Balaban J connectivity index is 2.30. The van der Waals surface area contributed by atoms with Crippen LogP contribution in [0.2, 0.25) is 0 Å². The molecule has 0 aromatic heterocycles. The number of hydrogen-bond acceptors (Lipinski definition) is 7. The molecule has 2 aromatic rings. The zero-order chi connectivity index (χ0) is 22.1. The molecule has 0 aliphatic carbocycles. The van der Waals surface area contributed by atoms with Gasteiger partial charge in [-0.05, 0) is 56.4 Å². The molecule has 0 amide bonds. The van der Waals surface area contributed by atoms with Crippen LogP contribution in [0.15, 0.2) is 36.4 Å². The van der Waals surface area contributed by atoms with Crippen molar-refractivity contribution in [1.29, 1.82) is 0 Å². The van der Waals surface area contributed by atoms with Crippen molar-refractivity contribution in [3.05, 3.63) is 47.5 Å². The number of benzene rings is 2. The molecule has 2 rings (SSSR count). The van der Waals surface area contributed by atoms with Crippen molar-refractivity contribution in [3.63, 3.8) is 0 Å². The van der Waals surface area contributed by atoms with Gasteiger partial charge in [-0.15, -0.1) is 0 Å². The summed E-state index contributed by atoms with van der Waals surface area (Å²) >= 11 is 5.38. The summed E-state index contributed by atoms with van der Waals surface area (Å²) in [4.78, 5) is 24.4. The molecule has 0 saturated heterocycles. The smallest absolute Gasteiger partial charge is 0.340 e. The number of carbonyl (C=O) groups is 2. The van der Waals surface area contributed by atoms with Gasteiger partial charge in [-0.3, -0.25) is 0 Å². The Morgan fingerprint density at radius 1 is 0.867 bits per heavy atom. The lowest BCUT2D eigenvalue weighted by atomic mass is 10.1. The van der Waals surface area contributed by atoms with E-state index in [0.29, 0.717) is 22.9 Å². The molecule has 0 aliphatic rings. The average Bonchev–Trinajstić information content (AvgIpc) is 2.74. The molecule has 0 fully saturated rings. The molecule has 30 heavy (non-hydrogen) atoms. The van der Waals surface area contributed by atoms with Crippen molar-refractivity contribution >= 4 is 40.6 Å². The van der Waals surface area contributed by atoms with E-state index in [9.17, 15) is 9.59 Å². The first kappa shape index (κ1) is 23.0. The first-order valence-electron chi connectivity index (χ1n) is 9.21. The van der Waals surface area contributed by atoms with Gasteiger partial charge in [0.05, 0.1) is 49.9 Å². The summed E-state index contributed by atoms with van der Waals surface area (Å²) < 4.78 is 20.6. The largest absolute Gasteiger partial charge is 0.497 e. The fourth-order valence-electron chi connectivity index (χ4n) is 2.55. The number of rotatable bonds is 8. The molecule has 0 radical (unpaired) electrons. The number of esters is 2. The minimum absolute atomic E-state index is 0.185. The van der Waals surface area contributed by atoms with Gasteiger partial charge in [-0.25, -0.2) is 9.59 Å². The molecule has 9 heteroatoms. The van der Waals surface area contributed by atoms with Gasteiger partial charge in [-0.1, -0.05) is 0 Å². The summed E-state index contributed by atoms with van der Waals surface area (Å²) in [5.41, 5.74) is 1.41. The standard InChI is InChI=1S/C21H24N2O6S/c1-5-28-19(24)13-7-9-15(20(25)29-6-2)17(11-13)23-21(30)22-16-10-8-14(26-3)12-18(16)27-4/h7-12H,5-6H2,1-4H3,(H2,22,23,30). The molecular formula is C21H24N2O6S. The van der Waals surface area contributed by atoms with E-state index in [1.54, 1.807) is 39.2 Å². The summed E-state index contributed by atoms with van der Waals surface area (Å²) in [5, 5.41) is 6.13. The lowest BCUT2D eigenvalue weighted by Crippen LogP contribution is -2.22. The number of anilines is 2. The Bertz CT molecular complexity index is 932. The molecule has 0 saturated carbocycles. The normalized spacial score (nSPS) is 10.0. The Morgan fingerprint density at radius 2 is 1.53 bits per heavy atom. The molecular weight excluding hydrogens is 408 g/mol. The SMILES string of the molecule is CCOC(=O)c1ccc(C(=O)OCC)c(NC(=S)Nc2ccc(OC)cc2OC)c1.